The number of nitrogens with zero attached hydrogens (tertiary/aromatic N) is 1. The molecule has 0 aromatic heterocycles. The third-order valence-corrected chi connectivity index (χ3v) is 3.81. The fourth-order valence-electron chi connectivity index (χ4n) is 2.56. The number of rotatable bonds is 8. The van der Waals surface area contributed by atoms with Crippen molar-refractivity contribution >= 4 is 11.9 Å². The van der Waals surface area contributed by atoms with E-state index in [-0.39, 0.29) is 18.4 Å². The van der Waals surface area contributed by atoms with E-state index in [0.29, 0.717) is 25.5 Å². The summed E-state index contributed by atoms with van der Waals surface area (Å²) in [6.07, 6.45) is 4.46. The molecule has 5 nitrogen and oxygen atoms in total. The molecule has 0 saturated carbocycles. The molecule has 2 atom stereocenters. The summed E-state index contributed by atoms with van der Waals surface area (Å²) in [4.78, 5) is 24.7. The van der Waals surface area contributed by atoms with Crippen molar-refractivity contribution in [1.82, 2.24) is 4.90 Å². The van der Waals surface area contributed by atoms with E-state index >= 15 is 0 Å². The fraction of sp³-hybridized carbons (Fsp3) is 0.867. The normalized spacial score (nSPS) is 20.7. The summed E-state index contributed by atoms with van der Waals surface area (Å²) in [7, 11) is 0. The summed E-state index contributed by atoms with van der Waals surface area (Å²) in [6.45, 7) is 5.96. The molecule has 20 heavy (non-hydrogen) atoms. The minimum absolute atomic E-state index is 0.0427. The fourth-order valence-corrected chi connectivity index (χ4v) is 2.56. The second kappa shape index (κ2) is 8.95. The summed E-state index contributed by atoms with van der Waals surface area (Å²) < 4.78 is 5.55. The van der Waals surface area contributed by atoms with Crippen molar-refractivity contribution in [2.75, 3.05) is 19.7 Å². The zero-order valence-electron chi connectivity index (χ0n) is 12.6. The van der Waals surface area contributed by atoms with Crippen LogP contribution < -0.4 is 0 Å². The van der Waals surface area contributed by atoms with Gasteiger partial charge in [-0.1, -0.05) is 13.3 Å². The topological polar surface area (TPSA) is 66.8 Å². The third kappa shape index (κ3) is 5.90. The van der Waals surface area contributed by atoms with Crippen molar-refractivity contribution in [3.63, 3.8) is 0 Å². The maximum absolute atomic E-state index is 12.3. The van der Waals surface area contributed by atoms with Gasteiger partial charge in [-0.15, -0.1) is 0 Å². The van der Waals surface area contributed by atoms with Crippen LogP contribution in [0.4, 0.5) is 0 Å². The number of aliphatic carboxylic acids is 1. The van der Waals surface area contributed by atoms with Crippen molar-refractivity contribution in [3.05, 3.63) is 0 Å². The SMILES string of the molecule is CCCCO[C@H](C)C(=O)N1CCC[C@H](CCC(=O)O)C1. The Morgan fingerprint density at radius 3 is 2.85 bits per heavy atom. The Morgan fingerprint density at radius 1 is 1.45 bits per heavy atom. The van der Waals surface area contributed by atoms with Crippen LogP contribution in [0.15, 0.2) is 0 Å². The molecule has 116 valence electrons. The average molecular weight is 285 g/mol. The van der Waals surface area contributed by atoms with E-state index in [1.165, 1.54) is 0 Å². The van der Waals surface area contributed by atoms with Gasteiger partial charge in [0.1, 0.15) is 6.10 Å². The molecule has 1 amide bonds. The number of unbranched alkanes of at least 4 members (excludes halogenated alkanes) is 1. The smallest absolute Gasteiger partial charge is 0.303 e. The lowest BCUT2D eigenvalue weighted by molar-refractivity contribution is -0.144. The van der Waals surface area contributed by atoms with E-state index in [1.54, 1.807) is 6.92 Å². The predicted molar refractivity (Wildman–Crippen MR) is 76.5 cm³/mol. The lowest BCUT2D eigenvalue weighted by Gasteiger charge is -2.34. The molecule has 0 unspecified atom stereocenters. The van der Waals surface area contributed by atoms with Gasteiger partial charge in [0, 0.05) is 26.1 Å². The maximum Gasteiger partial charge on any atom is 0.303 e. The first-order chi connectivity index (χ1) is 9.54. The summed E-state index contributed by atoms with van der Waals surface area (Å²) in [6, 6.07) is 0. The van der Waals surface area contributed by atoms with Crippen molar-refractivity contribution in [2.24, 2.45) is 5.92 Å². The monoisotopic (exact) mass is 285 g/mol. The van der Waals surface area contributed by atoms with Crippen LogP contribution in [0.3, 0.4) is 0 Å². The van der Waals surface area contributed by atoms with Crippen LogP contribution >= 0.6 is 0 Å². The number of hydrogen-bond acceptors (Lipinski definition) is 3. The Bertz CT molecular complexity index is 319. The zero-order valence-corrected chi connectivity index (χ0v) is 12.6. The molecule has 5 heteroatoms. The van der Waals surface area contributed by atoms with E-state index in [2.05, 4.69) is 6.92 Å². The molecule has 0 spiro atoms. The molecule has 1 saturated heterocycles. The van der Waals surface area contributed by atoms with Gasteiger partial charge in [-0.2, -0.15) is 0 Å². The Hall–Kier alpha value is -1.10. The van der Waals surface area contributed by atoms with Gasteiger partial charge < -0.3 is 14.7 Å². The van der Waals surface area contributed by atoms with Gasteiger partial charge in [-0.25, -0.2) is 0 Å². The van der Waals surface area contributed by atoms with Gasteiger partial charge in [0.15, 0.2) is 0 Å². The van der Waals surface area contributed by atoms with Gasteiger partial charge >= 0.3 is 5.97 Å². The van der Waals surface area contributed by atoms with E-state index in [1.807, 2.05) is 4.90 Å². The van der Waals surface area contributed by atoms with Crippen LogP contribution in [0, 0.1) is 5.92 Å². The number of piperidine rings is 1. The first-order valence-corrected chi connectivity index (χ1v) is 7.66. The maximum atomic E-state index is 12.3. The van der Waals surface area contributed by atoms with Crippen LogP contribution in [-0.2, 0) is 14.3 Å². The molecule has 0 aromatic rings. The van der Waals surface area contributed by atoms with E-state index in [4.69, 9.17) is 9.84 Å². The van der Waals surface area contributed by atoms with Crippen LogP contribution in [-0.4, -0.2) is 47.7 Å². The molecule has 0 bridgehead atoms. The molecular weight excluding hydrogens is 258 g/mol. The number of carboxylic acid groups (broad SMARTS) is 1. The Balaban J connectivity index is 2.37. The van der Waals surface area contributed by atoms with Crippen molar-refractivity contribution in [1.29, 1.82) is 0 Å². The highest BCUT2D eigenvalue weighted by Crippen LogP contribution is 2.21. The highest BCUT2D eigenvalue weighted by molar-refractivity contribution is 5.80. The molecule has 1 N–H and O–H groups in total. The van der Waals surface area contributed by atoms with Crippen LogP contribution in [0.5, 0.6) is 0 Å². The quantitative estimate of drug-likeness (QED) is 0.695. The first kappa shape index (κ1) is 17.0. The minimum Gasteiger partial charge on any atom is -0.481 e. The average Bonchev–Trinajstić information content (AvgIpc) is 2.44. The van der Waals surface area contributed by atoms with E-state index in [0.717, 1.165) is 32.2 Å². The highest BCUT2D eigenvalue weighted by Gasteiger charge is 2.27. The standard InChI is InChI=1S/C15H27NO4/c1-3-4-10-20-12(2)15(19)16-9-5-6-13(11-16)7-8-14(17)18/h12-13H,3-11H2,1-2H3,(H,17,18)/t12-,13-/m1/s1. The number of hydrogen-bond donors (Lipinski definition) is 1. The minimum atomic E-state index is -0.760. The number of likely N-dealkylation sites (tertiary alicyclic amines) is 1. The summed E-state index contributed by atoms with van der Waals surface area (Å²) >= 11 is 0. The lowest BCUT2D eigenvalue weighted by Crippen LogP contribution is -2.45. The Morgan fingerprint density at radius 2 is 2.20 bits per heavy atom. The van der Waals surface area contributed by atoms with Crippen molar-refractivity contribution in [2.45, 2.75) is 58.5 Å². The molecule has 0 aliphatic carbocycles. The number of carbonyl (C=O) groups excluding carboxylic acids is 1. The molecular formula is C15H27NO4. The van der Waals surface area contributed by atoms with Crippen LogP contribution in [0.1, 0.15) is 52.4 Å². The van der Waals surface area contributed by atoms with Gasteiger partial charge in [0.25, 0.3) is 5.91 Å². The molecule has 1 aliphatic rings. The molecule has 1 heterocycles. The van der Waals surface area contributed by atoms with E-state index < -0.39 is 5.97 Å². The zero-order chi connectivity index (χ0) is 15.0. The second-order valence-corrected chi connectivity index (χ2v) is 5.59. The summed E-state index contributed by atoms with van der Waals surface area (Å²) in [5.41, 5.74) is 0. The molecule has 0 aromatic carbocycles. The van der Waals surface area contributed by atoms with Gasteiger partial charge in [-0.3, -0.25) is 9.59 Å². The van der Waals surface area contributed by atoms with Gasteiger partial charge in [0.2, 0.25) is 0 Å². The Kier molecular flexibility index (Phi) is 7.59. The van der Waals surface area contributed by atoms with Crippen LogP contribution in [0.2, 0.25) is 0 Å². The third-order valence-electron chi connectivity index (χ3n) is 3.81. The number of carbonyl (C=O) groups is 2. The number of amides is 1. The summed E-state index contributed by atoms with van der Waals surface area (Å²) in [5.74, 6) is -0.405. The van der Waals surface area contributed by atoms with Gasteiger partial charge in [0.05, 0.1) is 0 Å². The largest absolute Gasteiger partial charge is 0.481 e. The second-order valence-electron chi connectivity index (χ2n) is 5.59. The molecule has 1 aliphatic heterocycles. The highest BCUT2D eigenvalue weighted by atomic mass is 16.5. The predicted octanol–water partition coefficient (Wildman–Crippen LogP) is 2.29. The van der Waals surface area contributed by atoms with E-state index in [9.17, 15) is 9.59 Å². The number of carboxylic acids is 1. The molecule has 0 radical (unpaired) electrons. The van der Waals surface area contributed by atoms with Crippen molar-refractivity contribution < 1.29 is 19.4 Å². The lowest BCUT2D eigenvalue weighted by atomic mass is 9.93. The Labute approximate surface area is 121 Å². The van der Waals surface area contributed by atoms with Crippen molar-refractivity contribution in [3.8, 4) is 0 Å². The van der Waals surface area contributed by atoms with Crippen LogP contribution in [0.25, 0.3) is 0 Å². The molecule has 1 fully saturated rings. The molecule has 1 rings (SSSR count). The first-order valence-electron chi connectivity index (χ1n) is 7.66. The number of ether oxygens (including phenoxy) is 1. The summed E-state index contributed by atoms with van der Waals surface area (Å²) in [5, 5.41) is 8.73. The van der Waals surface area contributed by atoms with Gasteiger partial charge in [-0.05, 0) is 38.5 Å².